The zero-order valence-corrected chi connectivity index (χ0v) is 12.1. The van der Waals surface area contributed by atoms with Gasteiger partial charge in [0.05, 0.1) is 6.54 Å². The lowest BCUT2D eigenvalue weighted by Crippen LogP contribution is -2.52. The maximum Gasteiger partial charge on any atom is 0.281 e. The third-order valence-electron chi connectivity index (χ3n) is 3.19. The summed E-state index contributed by atoms with van der Waals surface area (Å²) in [6.07, 6.45) is 7.14. The van der Waals surface area contributed by atoms with Crippen LogP contribution in [0.5, 0.6) is 0 Å². The Morgan fingerprint density at radius 1 is 1.28 bits per heavy atom. The average molecular weight is 273 g/mol. The van der Waals surface area contributed by atoms with E-state index < -0.39 is 10.2 Å². The SMILES string of the molecule is C#CCN1CCN(S(=O)(=O)N(C)CCCC)CC1. The van der Waals surface area contributed by atoms with Crippen molar-refractivity contribution in [1.82, 2.24) is 13.5 Å². The third-order valence-corrected chi connectivity index (χ3v) is 5.18. The van der Waals surface area contributed by atoms with Gasteiger partial charge in [-0.3, -0.25) is 4.90 Å². The number of unbranched alkanes of at least 4 members (excludes halogenated alkanes) is 1. The normalized spacial score (nSPS) is 19.0. The number of piperazine rings is 1. The first-order valence-electron chi connectivity index (χ1n) is 6.39. The molecule has 1 aliphatic rings. The van der Waals surface area contributed by atoms with Gasteiger partial charge < -0.3 is 0 Å². The van der Waals surface area contributed by atoms with Gasteiger partial charge in [-0.1, -0.05) is 19.3 Å². The van der Waals surface area contributed by atoms with Gasteiger partial charge in [-0.05, 0) is 6.42 Å². The van der Waals surface area contributed by atoms with Gasteiger partial charge in [0.15, 0.2) is 0 Å². The van der Waals surface area contributed by atoms with Crippen molar-refractivity contribution in [3.8, 4) is 12.3 Å². The predicted molar refractivity (Wildman–Crippen MR) is 73.3 cm³/mol. The van der Waals surface area contributed by atoms with Gasteiger partial charge in [0, 0.05) is 39.8 Å². The molecule has 0 aliphatic carbocycles. The minimum Gasteiger partial charge on any atom is -0.290 e. The Kier molecular flexibility index (Phi) is 6.09. The first-order chi connectivity index (χ1) is 8.52. The van der Waals surface area contributed by atoms with Crippen LogP contribution in [0.4, 0.5) is 0 Å². The Hall–Kier alpha value is -0.610. The topological polar surface area (TPSA) is 43.9 Å². The molecule has 0 bridgehead atoms. The summed E-state index contributed by atoms with van der Waals surface area (Å²) in [6.45, 7) is 5.72. The third kappa shape index (κ3) is 3.95. The summed E-state index contributed by atoms with van der Waals surface area (Å²) in [5.41, 5.74) is 0. The van der Waals surface area contributed by atoms with Gasteiger partial charge >= 0.3 is 0 Å². The Morgan fingerprint density at radius 2 is 1.89 bits per heavy atom. The minimum atomic E-state index is -3.28. The number of terminal acetylenes is 1. The van der Waals surface area contributed by atoms with Crippen molar-refractivity contribution in [2.75, 3.05) is 46.3 Å². The quantitative estimate of drug-likeness (QED) is 0.650. The summed E-state index contributed by atoms with van der Waals surface area (Å²) in [6, 6.07) is 0. The smallest absolute Gasteiger partial charge is 0.281 e. The van der Waals surface area contributed by atoms with Crippen LogP contribution in [0.25, 0.3) is 0 Å². The molecular weight excluding hydrogens is 250 g/mol. The van der Waals surface area contributed by atoms with Gasteiger partial charge in [-0.25, -0.2) is 0 Å². The van der Waals surface area contributed by atoms with Gasteiger partial charge in [-0.15, -0.1) is 6.42 Å². The molecule has 0 aromatic heterocycles. The van der Waals surface area contributed by atoms with Crippen molar-refractivity contribution in [2.24, 2.45) is 0 Å². The van der Waals surface area contributed by atoms with E-state index in [0.29, 0.717) is 39.3 Å². The lowest BCUT2D eigenvalue weighted by Gasteiger charge is -2.35. The molecule has 1 fully saturated rings. The van der Waals surface area contributed by atoms with Crippen molar-refractivity contribution in [2.45, 2.75) is 19.8 Å². The largest absolute Gasteiger partial charge is 0.290 e. The van der Waals surface area contributed by atoms with Crippen LogP contribution in [-0.2, 0) is 10.2 Å². The molecule has 0 radical (unpaired) electrons. The van der Waals surface area contributed by atoms with Crippen molar-refractivity contribution in [1.29, 1.82) is 0 Å². The molecule has 0 atom stereocenters. The second-order valence-corrected chi connectivity index (χ2v) is 6.60. The zero-order chi connectivity index (χ0) is 13.6. The van der Waals surface area contributed by atoms with Crippen LogP contribution in [0.1, 0.15) is 19.8 Å². The molecule has 0 aromatic carbocycles. The lowest BCUT2D eigenvalue weighted by atomic mass is 10.3. The molecule has 0 spiro atoms. The van der Waals surface area contributed by atoms with E-state index in [-0.39, 0.29) is 0 Å². The summed E-state index contributed by atoms with van der Waals surface area (Å²) in [5, 5.41) is 0. The van der Waals surface area contributed by atoms with Crippen molar-refractivity contribution < 1.29 is 8.42 Å². The number of hydrogen-bond acceptors (Lipinski definition) is 3. The summed E-state index contributed by atoms with van der Waals surface area (Å²) in [4.78, 5) is 2.10. The standard InChI is InChI=1S/C12H23N3O2S/c1-4-6-8-13(3)18(16,17)15-11-9-14(7-5-2)10-12-15/h2H,4,6-12H2,1,3H3. The summed E-state index contributed by atoms with van der Waals surface area (Å²) in [5.74, 6) is 2.59. The Balaban J connectivity index is 2.52. The minimum absolute atomic E-state index is 0.528. The number of hydrogen-bond donors (Lipinski definition) is 0. The summed E-state index contributed by atoms with van der Waals surface area (Å²) < 4.78 is 27.5. The van der Waals surface area contributed by atoms with Crippen LogP contribution in [0.3, 0.4) is 0 Å². The van der Waals surface area contributed by atoms with E-state index in [1.165, 1.54) is 4.31 Å². The van der Waals surface area contributed by atoms with Crippen molar-refractivity contribution >= 4 is 10.2 Å². The highest BCUT2D eigenvalue weighted by atomic mass is 32.2. The molecule has 0 amide bonds. The molecule has 0 aromatic rings. The molecule has 1 rings (SSSR count). The van der Waals surface area contributed by atoms with Crippen LogP contribution < -0.4 is 0 Å². The summed E-state index contributed by atoms with van der Waals surface area (Å²) in [7, 11) is -1.63. The second kappa shape index (κ2) is 7.10. The van der Waals surface area contributed by atoms with E-state index in [1.807, 2.05) is 0 Å². The first-order valence-corrected chi connectivity index (χ1v) is 7.79. The fourth-order valence-corrected chi connectivity index (χ4v) is 3.32. The molecule has 1 aliphatic heterocycles. The lowest BCUT2D eigenvalue weighted by molar-refractivity contribution is 0.199. The Bertz CT molecular complexity index is 381. The van der Waals surface area contributed by atoms with Crippen LogP contribution in [0, 0.1) is 12.3 Å². The molecule has 1 heterocycles. The van der Waals surface area contributed by atoms with Crippen LogP contribution in [0.2, 0.25) is 0 Å². The van der Waals surface area contributed by atoms with Gasteiger partial charge in [0.1, 0.15) is 0 Å². The molecule has 0 N–H and O–H groups in total. The van der Waals surface area contributed by atoms with E-state index >= 15 is 0 Å². The Morgan fingerprint density at radius 3 is 2.39 bits per heavy atom. The fourth-order valence-electron chi connectivity index (χ4n) is 1.94. The van der Waals surface area contributed by atoms with Gasteiger partial charge in [0.2, 0.25) is 0 Å². The van der Waals surface area contributed by atoms with Crippen LogP contribution in [-0.4, -0.2) is 68.2 Å². The number of rotatable bonds is 6. The second-order valence-electron chi connectivity index (χ2n) is 4.56. The van der Waals surface area contributed by atoms with E-state index in [4.69, 9.17) is 6.42 Å². The maximum atomic E-state index is 12.2. The van der Waals surface area contributed by atoms with E-state index in [2.05, 4.69) is 17.7 Å². The first kappa shape index (κ1) is 15.4. The monoisotopic (exact) mass is 273 g/mol. The molecule has 1 saturated heterocycles. The highest BCUT2D eigenvalue weighted by Crippen LogP contribution is 2.11. The van der Waals surface area contributed by atoms with E-state index in [1.54, 1.807) is 11.4 Å². The average Bonchev–Trinajstić information content (AvgIpc) is 2.37. The molecule has 104 valence electrons. The van der Waals surface area contributed by atoms with E-state index in [9.17, 15) is 8.42 Å². The van der Waals surface area contributed by atoms with Gasteiger partial charge in [-0.2, -0.15) is 17.0 Å². The fraction of sp³-hybridized carbons (Fsp3) is 0.833. The highest BCUT2D eigenvalue weighted by Gasteiger charge is 2.29. The van der Waals surface area contributed by atoms with Crippen LogP contribution in [0.15, 0.2) is 0 Å². The molecule has 0 saturated carbocycles. The summed E-state index contributed by atoms with van der Waals surface area (Å²) >= 11 is 0. The predicted octanol–water partition coefficient (Wildman–Crippen LogP) is 0.214. The number of nitrogens with zero attached hydrogens (tertiary/aromatic N) is 3. The van der Waals surface area contributed by atoms with Crippen molar-refractivity contribution in [3.05, 3.63) is 0 Å². The molecule has 6 heteroatoms. The highest BCUT2D eigenvalue weighted by molar-refractivity contribution is 7.86. The zero-order valence-electron chi connectivity index (χ0n) is 11.3. The van der Waals surface area contributed by atoms with Crippen LogP contribution >= 0.6 is 0 Å². The molecular formula is C12H23N3O2S. The van der Waals surface area contributed by atoms with Crippen molar-refractivity contribution in [3.63, 3.8) is 0 Å². The molecule has 5 nitrogen and oxygen atoms in total. The molecule has 18 heavy (non-hydrogen) atoms. The molecule has 0 unspecified atom stereocenters. The van der Waals surface area contributed by atoms with E-state index in [0.717, 1.165) is 12.8 Å². The maximum absolute atomic E-state index is 12.2. The Labute approximate surface area is 111 Å². The van der Waals surface area contributed by atoms with Gasteiger partial charge in [0.25, 0.3) is 10.2 Å².